The van der Waals surface area contributed by atoms with E-state index in [1.54, 1.807) is 12.1 Å². The summed E-state index contributed by atoms with van der Waals surface area (Å²) in [5.74, 6) is -18.8. The molecule has 1 aromatic heterocycles. The molecule has 0 amide bonds. The third-order valence-electron chi connectivity index (χ3n) is 7.80. The predicted octanol–water partition coefficient (Wildman–Crippen LogP) is 6.72. The number of hydrogen-bond acceptors (Lipinski definition) is 7. The van der Waals surface area contributed by atoms with Crippen LogP contribution in [0.1, 0.15) is 53.5 Å². The summed E-state index contributed by atoms with van der Waals surface area (Å²) in [6.07, 6.45) is 0.451. The van der Waals surface area contributed by atoms with Gasteiger partial charge in [-0.2, -0.15) is 26.3 Å². The number of carbonyl (C=O) groups excluding carboxylic acids is 1. The van der Waals surface area contributed by atoms with Gasteiger partial charge in [0, 0.05) is 22.5 Å². The maximum atomic E-state index is 14.6. The van der Waals surface area contributed by atoms with Crippen molar-refractivity contribution in [3.8, 4) is 16.9 Å². The van der Waals surface area contributed by atoms with E-state index in [4.69, 9.17) is 20.6 Å². The van der Waals surface area contributed by atoms with Gasteiger partial charge in [-0.05, 0) is 76.8 Å². The van der Waals surface area contributed by atoms with Crippen LogP contribution in [0.3, 0.4) is 0 Å². The van der Waals surface area contributed by atoms with Gasteiger partial charge >= 0.3 is 29.4 Å². The minimum absolute atomic E-state index is 0.103. The molecule has 0 aliphatic heterocycles. The molecule has 248 valence electrons. The SMILES string of the molecule is CCc1ccccc1-c1cc2ccc(OCC(F)(F)C(F)(F)C(F)(F)COC(=O)C(C)(CC(C)(C)N)C(C)(C)N)cc2oc1=O. The minimum atomic E-state index is -6.01. The molecule has 0 bridgehead atoms. The lowest BCUT2D eigenvalue weighted by molar-refractivity contribution is -0.323. The Morgan fingerprint density at radius 2 is 1.44 bits per heavy atom. The van der Waals surface area contributed by atoms with Crippen LogP contribution in [0.15, 0.2) is 57.7 Å². The summed E-state index contributed by atoms with van der Waals surface area (Å²) in [6.45, 7) is 4.49. The highest BCUT2D eigenvalue weighted by molar-refractivity contribution is 5.83. The molecule has 1 heterocycles. The third kappa shape index (κ3) is 7.46. The molecule has 0 saturated heterocycles. The molecule has 13 heteroatoms. The molecule has 0 aliphatic carbocycles. The Balaban J connectivity index is 1.78. The summed E-state index contributed by atoms with van der Waals surface area (Å²) in [4.78, 5) is 25.5. The summed E-state index contributed by atoms with van der Waals surface area (Å²) in [7, 11) is 0. The van der Waals surface area contributed by atoms with Gasteiger partial charge in [-0.3, -0.25) is 4.79 Å². The van der Waals surface area contributed by atoms with Gasteiger partial charge in [0.25, 0.3) is 0 Å². The van der Waals surface area contributed by atoms with Gasteiger partial charge in [0.2, 0.25) is 0 Å². The van der Waals surface area contributed by atoms with Crippen molar-refractivity contribution >= 4 is 16.9 Å². The first-order chi connectivity index (χ1) is 20.5. The molecule has 1 atom stereocenters. The van der Waals surface area contributed by atoms with E-state index in [0.717, 1.165) is 17.7 Å². The molecule has 4 N–H and O–H groups in total. The van der Waals surface area contributed by atoms with Gasteiger partial charge in [-0.15, -0.1) is 0 Å². The number of benzene rings is 2. The summed E-state index contributed by atoms with van der Waals surface area (Å²) in [5, 5.41) is 0.374. The van der Waals surface area contributed by atoms with Gasteiger partial charge in [0.1, 0.15) is 11.3 Å². The molecule has 7 nitrogen and oxygen atoms in total. The Hall–Kier alpha value is -3.58. The second-order valence-electron chi connectivity index (χ2n) is 12.7. The molecule has 2 aromatic carbocycles. The van der Waals surface area contributed by atoms with E-state index in [2.05, 4.69) is 4.74 Å². The molecule has 0 radical (unpaired) electrons. The number of alkyl halides is 6. The van der Waals surface area contributed by atoms with Crippen molar-refractivity contribution in [3.63, 3.8) is 0 Å². The van der Waals surface area contributed by atoms with Crippen LogP contribution >= 0.6 is 0 Å². The molecule has 0 spiro atoms. The number of carbonyl (C=O) groups is 1. The number of hydrogen-bond donors (Lipinski definition) is 2. The normalized spacial score (nSPS) is 14.7. The van der Waals surface area contributed by atoms with Crippen LogP contribution < -0.4 is 21.8 Å². The van der Waals surface area contributed by atoms with Crippen LogP contribution in [-0.2, 0) is 16.0 Å². The zero-order chi connectivity index (χ0) is 34.2. The van der Waals surface area contributed by atoms with Crippen LogP contribution in [0.4, 0.5) is 26.3 Å². The molecule has 3 aromatic rings. The van der Waals surface area contributed by atoms with Gasteiger partial charge in [0.15, 0.2) is 13.2 Å². The van der Waals surface area contributed by atoms with Crippen LogP contribution in [0.5, 0.6) is 5.75 Å². The summed E-state index contributed by atoms with van der Waals surface area (Å²) < 4.78 is 102. The van der Waals surface area contributed by atoms with Crippen molar-refractivity contribution in [2.75, 3.05) is 13.2 Å². The molecule has 1 unspecified atom stereocenters. The molecule has 45 heavy (non-hydrogen) atoms. The van der Waals surface area contributed by atoms with Gasteiger partial charge in [-0.1, -0.05) is 31.2 Å². The first-order valence-corrected chi connectivity index (χ1v) is 14.1. The Bertz CT molecular complexity index is 1590. The van der Waals surface area contributed by atoms with Crippen molar-refractivity contribution < 1.29 is 45.0 Å². The number of nitrogens with two attached hydrogens (primary N) is 2. The van der Waals surface area contributed by atoms with Crippen LogP contribution in [0, 0.1) is 5.41 Å². The zero-order valence-electron chi connectivity index (χ0n) is 25.9. The molecule has 0 saturated carbocycles. The van der Waals surface area contributed by atoms with E-state index in [-0.39, 0.29) is 17.6 Å². The Morgan fingerprint density at radius 1 is 0.844 bits per heavy atom. The fraction of sp³-hybridized carbons (Fsp3) is 0.500. The van der Waals surface area contributed by atoms with Gasteiger partial charge in [-0.25, -0.2) is 4.79 Å². The Labute approximate surface area is 256 Å². The summed E-state index contributed by atoms with van der Waals surface area (Å²) in [5.41, 5.74) is 8.76. The zero-order valence-corrected chi connectivity index (χ0v) is 25.9. The summed E-state index contributed by atoms with van der Waals surface area (Å²) >= 11 is 0. The van der Waals surface area contributed by atoms with Crippen molar-refractivity contribution in [2.24, 2.45) is 16.9 Å². The highest BCUT2D eigenvalue weighted by Crippen LogP contribution is 2.47. The first-order valence-electron chi connectivity index (χ1n) is 14.1. The standard InChI is InChI=1S/C32H38F6N2O5/c1-7-19-10-8-9-11-22(19)23-14-20-12-13-21(15-24(20)45-25(23)41)43-17-30(33,34)32(37,38)31(35,36)18-44-26(42)29(6,28(4,5)40)16-27(2,3)39/h8-15H,7,16-18,39-40H2,1-6H3. The summed E-state index contributed by atoms with van der Waals surface area (Å²) in [6, 6.07) is 12.2. The average molecular weight is 645 g/mol. The average Bonchev–Trinajstić information content (AvgIpc) is 2.92. The molecule has 0 aliphatic rings. The van der Waals surface area contributed by atoms with E-state index in [0.29, 0.717) is 17.4 Å². The number of esters is 1. The van der Waals surface area contributed by atoms with Crippen molar-refractivity contribution in [1.29, 1.82) is 0 Å². The molecule has 3 rings (SSSR count). The number of aryl methyl sites for hydroxylation is 1. The van der Waals surface area contributed by atoms with Crippen molar-refractivity contribution in [2.45, 2.75) is 83.2 Å². The smallest absolute Gasteiger partial charge is 0.378 e. The predicted molar refractivity (Wildman–Crippen MR) is 158 cm³/mol. The highest BCUT2D eigenvalue weighted by Gasteiger charge is 2.72. The maximum absolute atomic E-state index is 14.6. The number of ether oxygens (including phenoxy) is 2. The molecular formula is C32H38F6N2O5. The van der Waals surface area contributed by atoms with E-state index in [9.17, 15) is 35.9 Å². The van der Waals surface area contributed by atoms with Crippen molar-refractivity contribution in [1.82, 2.24) is 0 Å². The lowest BCUT2D eigenvalue weighted by Gasteiger charge is -2.43. The fourth-order valence-electron chi connectivity index (χ4n) is 4.87. The van der Waals surface area contributed by atoms with E-state index < -0.39 is 64.8 Å². The first kappa shape index (κ1) is 35.9. The largest absolute Gasteiger partial charge is 0.487 e. The number of halogens is 6. The number of rotatable bonds is 13. The van der Waals surface area contributed by atoms with Crippen LogP contribution in [0.2, 0.25) is 0 Å². The fourth-order valence-corrected chi connectivity index (χ4v) is 4.87. The lowest BCUT2D eigenvalue weighted by Crippen LogP contribution is -2.60. The second-order valence-corrected chi connectivity index (χ2v) is 12.7. The van der Waals surface area contributed by atoms with Gasteiger partial charge in [0.05, 0.1) is 11.0 Å². The van der Waals surface area contributed by atoms with E-state index >= 15 is 0 Å². The van der Waals surface area contributed by atoms with E-state index in [1.807, 2.05) is 19.1 Å². The van der Waals surface area contributed by atoms with Crippen molar-refractivity contribution in [3.05, 3.63) is 64.5 Å². The maximum Gasteiger partial charge on any atom is 0.378 e. The monoisotopic (exact) mass is 644 g/mol. The quantitative estimate of drug-likeness (QED) is 0.121. The lowest BCUT2D eigenvalue weighted by atomic mass is 9.67. The Kier molecular flexibility index (Phi) is 9.82. The third-order valence-corrected chi connectivity index (χ3v) is 7.80. The second kappa shape index (κ2) is 12.3. The molecular weight excluding hydrogens is 606 g/mol. The topological polar surface area (TPSA) is 118 Å². The minimum Gasteiger partial charge on any atom is -0.487 e. The Morgan fingerprint density at radius 3 is 2.02 bits per heavy atom. The van der Waals surface area contributed by atoms with Crippen LogP contribution in [0.25, 0.3) is 22.1 Å². The number of fused-ring (bicyclic) bond motifs is 1. The van der Waals surface area contributed by atoms with E-state index in [1.165, 1.54) is 46.8 Å². The molecule has 0 fully saturated rings. The highest BCUT2D eigenvalue weighted by atomic mass is 19.3. The van der Waals surface area contributed by atoms with Crippen LogP contribution in [-0.4, -0.2) is 48.0 Å². The van der Waals surface area contributed by atoms with Gasteiger partial charge < -0.3 is 25.4 Å².